The predicted molar refractivity (Wildman–Crippen MR) is 99.9 cm³/mol. The van der Waals surface area contributed by atoms with Crippen molar-refractivity contribution in [1.82, 2.24) is 24.6 Å². The van der Waals surface area contributed by atoms with E-state index in [2.05, 4.69) is 20.0 Å². The minimum absolute atomic E-state index is 0.0722. The molecule has 1 saturated heterocycles. The van der Waals surface area contributed by atoms with E-state index >= 15 is 0 Å². The zero-order valence-corrected chi connectivity index (χ0v) is 15.5. The molecule has 0 aromatic carbocycles. The molecule has 0 unspecified atom stereocenters. The first kappa shape index (κ1) is 17.3. The Morgan fingerprint density at radius 2 is 1.92 bits per heavy atom. The van der Waals surface area contributed by atoms with Crippen LogP contribution in [0.25, 0.3) is 0 Å². The van der Waals surface area contributed by atoms with Crippen LogP contribution in [-0.2, 0) is 25.9 Å². The molecule has 0 spiro atoms. The molecule has 6 nitrogen and oxygen atoms in total. The number of hydrogen-bond acceptors (Lipinski definition) is 5. The third-order valence-corrected chi connectivity index (χ3v) is 5.63. The maximum Gasteiger partial charge on any atom is 0.267 e. The van der Waals surface area contributed by atoms with Gasteiger partial charge in [0.05, 0.1) is 17.1 Å². The number of nitrogens with zero attached hydrogens (tertiary/aromatic N) is 5. The lowest BCUT2D eigenvalue weighted by molar-refractivity contribution is 0.161. The summed E-state index contributed by atoms with van der Waals surface area (Å²) in [6, 6.07) is 1.83. The lowest BCUT2D eigenvalue weighted by atomic mass is 9.95. The van der Waals surface area contributed by atoms with Gasteiger partial charge in [0.15, 0.2) is 0 Å². The fourth-order valence-electron chi connectivity index (χ4n) is 4.03. The van der Waals surface area contributed by atoms with Gasteiger partial charge in [0.1, 0.15) is 0 Å². The van der Waals surface area contributed by atoms with Gasteiger partial charge in [0, 0.05) is 31.5 Å². The smallest absolute Gasteiger partial charge is 0.267 e. The van der Waals surface area contributed by atoms with Crippen LogP contribution in [0, 0.1) is 12.8 Å². The van der Waals surface area contributed by atoms with Crippen LogP contribution >= 0.6 is 0 Å². The molecule has 2 aliphatic rings. The lowest BCUT2D eigenvalue weighted by Gasteiger charge is -2.31. The highest BCUT2D eigenvalue weighted by atomic mass is 16.1. The van der Waals surface area contributed by atoms with Crippen molar-refractivity contribution in [2.75, 3.05) is 13.1 Å². The molecule has 6 heteroatoms. The fourth-order valence-corrected chi connectivity index (χ4v) is 4.03. The first-order valence-corrected chi connectivity index (χ1v) is 9.77. The second-order valence-electron chi connectivity index (χ2n) is 7.71. The quantitative estimate of drug-likeness (QED) is 0.843. The van der Waals surface area contributed by atoms with Crippen molar-refractivity contribution in [1.29, 1.82) is 0 Å². The van der Waals surface area contributed by atoms with Gasteiger partial charge < -0.3 is 0 Å². The Bertz CT molecular complexity index is 806. The molecule has 26 heavy (non-hydrogen) atoms. The third kappa shape index (κ3) is 4.01. The molecule has 1 fully saturated rings. The zero-order chi connectivity index (χ0) is 17.9. The molecule has 3 heterocycles. The number of piperidine rings is 1. The Labute approximate surface area is 154 Å². The number of likely N-dealkylation sites (tertiary alicyclic amines) is 1. The molecule has 4 rings (SSSR count). The fraction of sp³-hybridized carbons (Fsp3) is 0.600. The van der Waals surface area contributed by atoms with E-state index in [9.17, 15) is 4.79 Å². The van der Waals surface area contributed by atoms with Crippen molar-refractivity contribution < 1.29 is 0 Å². The zero-order valence-electron chi connectivity index (χ0n) is 15.5. The van der Waals surface area contributed by atoms with Crippen molar-refractivity contribution in [2.24, 2.45) is 5.92 Å². The van der Waals surface area contributed by atoms with E-state index < -0.39 is 0 Å². The molecule has 0 saturated carbocycles. The first-order valence-electron chi connectivity index (χ1n) is 9.77. The standard InChI is InChI=1S/C20H27N5O/c1-15-11-22-18(12-21-15)14-24-8-6-16(7-9-24)13-25-20(26)10-17-4-2-3-5-19(17)23-25/h10-12,16H,2-9,13-14H2,1H3. The van der Waals surface area contributed by atoms with E-state index in [-0.39, 0.29) is 5.56 Å². The predicted octanol–water partition coefficient (Wildman–Crippen LogP) is 2.13. The average molecular weight is 353 g/mol. The summed E-state index contributed by atoms with van der Waals surface area (Å²) in [6.07, 6.45) is 10.3. The summed E-state index contributed by atoms with van der Waals surface area (Å²) in [5.41, 5.74) is 4.37. The van der Waals surface area contributed by atoms with Gasteiger partial charge in [-0.3, -0.25) is 19.7 Å². The lowest BCUT2D eigenvalue weighted by Crippen LogP contribution is -2.37. The van der Waals surface area contributed by atoms with Gasteiger partial charge in [-0.1, -0.05) is 0 Å². The van der Waals surface area contributed by atoms with Crippen molar-refractivity contribution in [3.8, 4) is 0 Å². The highest BCUT2D eigenvalue weighted by molar-refractivity contribution is 5.20. The maximum atomic E-state index is 12.4. The van der Waals surface area contributed by atoms with Gasteiger partial charge >= 0.3 is 0 Å². The van der Waals surface area contributed by atoms with Gasteiger partial charge in [-0.2, -0.15) is 5.10 Å². The van der Waals surface area contributed by atoms with E-state index in [0.29, 0.717) is 5.92 Å². The molecular formula is C20H27N5O. The first-order chi connectivity index (χ1) is 12.7. The van der Waals surface area contributed by atoms with E-state index in [1.54, 1.807) is 4.68 Å². The highest BCUT2D eigenvalue weighted by Crippen LogP contribution is 2.21. The summed E-state index contributed by atoms with van der Waals surface area (Å²) in [5, 5.41) is 4.67. The Morgan fingerprint density at radius 1 is 1.12 bits per heavy atom. The molecule has 2 aromatic rings. The summed E-state index contributed by atoms with van der Waals surface area (Å²) in [7, 11) is 0. The SMILES string of the molecule is Cc1cnc(CN2CCC(Cn3nc4c(cc3=O)CCCC4)CC2)cn1. The topological polar surface area (TPSA) is 63.9 Å². The molecule has 1 aliphatic heterocycles. The molecule has 0 atom stereocenters. The summed E-state index contributed by atoms with van der Waals surface area (Å²) in [5.74, 6) is 0.530. The molecule has 2 aromatic heterocycles. The molecule has 0 N–H and O–H groups in total. The minimum Gasteiger partial charge on any atom is -0.297 e. The van der Waals surface area contributed by atoms with Crippen LogP contribution in [-0.4, -0.2) is 37.7 Å². The van der Waals surface area contributed by atoms with Crippen LogP contribution in [0.5, 0.6) is 0 Å². The van der Waals surface area contributed by atoms with Crippen LogP contribution in [0.4, 0.5) is 0 Å². The third-order valence-electron chi connectivity index (χ3n) is 5.63. The molecular weight excluding hydrogens is 326 g/mol. The van der Waals surface area contributed by atoms with Crippen LogP contribution < -0.4 is 5.56 Å². The van der Waals surface area contributed by atoms with Gasteiger partial charge in [0.25, 0.3) is 5.56 Å². The number of aromatic nitrogens is 4. The van der Waals surface area contributed by atoms with E-state index in [4.69, 9.17) is 0 Å². The Hall–Kier alpha value is -2.08. The van der Waals surface area contributed by atoms with Crippen molar-refractivity contribution >= 4 is 0 Å². The van der Waals surface area contributed by atoms with Gasteiger partial charge in [0.2, 0.25) is 0 Å². The van der Waals surface area contributed by atoms with Crippen LogP contribution in [0.1, 0.15) is 48.3 Å². The van der Waals surface area contributed by atoms with Crippen molar-refractivity contribution in [3.05, 3.63) is 51.5 Å². The number of aryl methyl sites for hydroxylation is 3. The molecule has 0 bridgehead atoms. The Kier molecular flexibility index (Phi) is 5.11. The summed E-state index contributed by atoms with van der Waals surface area (Å²) < 4.78 is 1.72. The van der Waals surface area contributed by atoms with E-state index in [1.165, 1.54) is 18.4 Å². The van der Waals surface area contributed by atoms with Crippen molar-refractivity contribution in [3.63, 3.8) is 0 Å². The average Bonchev–Trinajstić information content (AvgIpc) is 2.66. The minimum atomic E-state index is 0.0722. The summed E-state index contributed by atoms with van der Waals surface area (Å²) >= 11 is 0. The largest absolute Gasteiger partial charge is 0.297 e. The van der Waals surface area contributed by atoms with Crippen LogP contribution in [0.3, 0.4) is 0 Å². The number of hydrogen-bond donors (Lipinski definition) is 0. The normalized spacial score (nSPS) is 18.7. The Morgan fingerprint density at radius 3 is 2.69 bits per heavy atom. The van der Waals surface area contributed by atoms with Gasteiger partial charge in [-0.15, -0.1) is 0 Å². The second-order valence-corrected chi connectivity index (χ2v) is 7.71. The van der Waals surface area contributed by atoms with Gasteiger partial charge in [-0.05, 0) is 70.0 Å². The molecule has 1 aliphatic carbocycles. The van der Waals surface area contributed by atoms with E-state index in [1.807, 2.05) is 25.4 Å². The molecule has 138 valence electrons. The second kappa shape index (κ2) is 7.66. The summed E-state index contributed by atoms with van der Waals surface area (Å²) in [4.78, 5) is 23.6. The monoisotopic (exact) mass is 353 g/mol. The van der Waals surface area contributed by atoms with Crippen LogP contribution in [0.15, 0.2) is 23.3 Å². The van der Waals surface area contributed by atoms with Gasteiger partial charge in [-0.25, -0.2) is 4.68 Å². The Balaban J connectivity index is 1.34. The number of fused-ring (bicyclic) bond motifs is 1. The van der Waals surface area contributed by atoms with Crippen LogP contribution in [0.2, 0.25) is 0 Å². The van der Waals surface area contributed by atoms with E-state index in [0.717, 1.165) is 68.9 Å². The van der Waals surface area contributed by atoms with Crippen molar-refractivity contribution in [2.45, 2.75) is 58.5 Å². The number of rotatable bonds is 4. The maximum absolute atomic E-state index is 12.4. The highest BCUT2D eigenvalue weighted by Gasteiger charge is 2.21. The summed E-state index contributed by atoms with van der Waals surface area (Å²) in [6.45, 7) is 5.65. The molecule has 0 amide bonds. The molecule has 0 radical (unpaired) electrons.